The van der Waals surface area contributed by atoms with Crippen LogP contribution in [0, 0.1) is 11.8 Å². The summed E-state index contributed by atoms with van der Waals surface area (Å²) in [5, 5.41) is 4.12. The molecule has 1 heterocycles. The molecular weight excluding hydrogens is 802 g/mol. The topological polar surface area (TPSA) is 44.2 Å². The summed E-state index contributed by atoms with van der Waals surface area (Å²) in [7, 11) is 12.9. The zero-order chi connectivity index (χ0) is 46.4. The van der Waals surface area contributed by atoms with Crippen LogP contribution in [-0.2, 0) is 0 Å². The Labute approximate surface area is 402 Å². The van der Waals surface area contributed by atoms with Gasteiger partial charge >= 0.3 is 0 Å². The highest BCUT2D eigenvalue weighted by Gasteiger charge is 2.19. The van der Waals surface area contributed by atoms with Gasteiger partial charge in [-0.2, -0.15) is 0 Å². The van der Waals surface area contributed by atoms with Crippen LogP contribution in [0.2, 0.25) is 0 Å². The smallest absolute Gasteiger partial charge is 0.119 e. The Morgan fingerprint density at radius 3 is 1.05 bits per heavy atom. The van der Waals surface area contributed by atoms with E-state index in [0.29, 0.717) is 22.8 Å². The van der Waals surface area contributed by atoms with E-state index < -0.39 is 0 Å². The molecule has 0 amide bonds. The lowest BCUT2D eigenvalue weighted by atomic mass is 9.88. The maximum Gasteiger partial charge on any atom is 0.119 e. The molecule has 2 unspecified atom stereocenters. The van der Waals surface area contributed by atoms with Crippen molar-refractivity contribution in [2.45, 2.75) is 182 Å². The van der Waals surface area contributed by atoms with Gasteiger partial charge in [0, 0.05) is 21.9 Å². The number of unbranched alkanes of at least 4 members (excludes halogenated alkanes) is 16. The fourth-order valence-electron chi connectivity index (χ4n) is 9.81. The third-order valence-electron chi connectivity index (χ3n) is 13.9. The van der Waals surface area contributed by atoms with Crippen LogP contribution < -0.4 is 20.4 Å². The minimum atomic E-state index is 0.583. The predicted octanol–water partition coefficient (Wildman–Crippen LogP) is 16.3. The number of benzene rings is 5. The highest BCUT2D eigenvalue weighted by molar-refractivity contribution is 6.37. The summed E-state index contributed by atoms with van der Waals surface area (Å²) in [6.45, 7) is 10.7. The number of fused-ring (bicyclic) bond motifs is 6. The van der Waals surface area contributed by atoms with Gasteiger partial charge in [-0.05, 0) is 96.8 Å². The van der Waals surface area contributed by atoms with Crippen LogP contribution in [0.3, 0.4) is 0 Å². The van der Waals surface area contributed by atoms with Crippen molar-refractivity contribution in [1.29, 1.82) is 0 Å². The first-order valence-corrected chi connectivity index (χ1v) is 26.6. The van der Waals surface area contributed by atoms with Crippen molar-refractivity contribution < 1.29 is 9.47 Å². The summed E-state index contributed by atoms with van der Waals surface area (Å²) in [6.07, 6.45) is 31.3. The van der Waals surface area contributed by atoms with E-state index in [1.165, 1.54) is 154 Å². The van der Waals surface area contributed by atoms with Gasteiger partial charge in [-0.1, -0.05) is 203 Å². The molecule has 0 aliphatic rings. The maximum absolute atomic E-state index is 6.58. The van der Waals surface area contributed by atoms with Gasteiger partial charge in [0.25, 0.3) is 0 Å². The van der Waals surface area contributed by atoms with Crippen LogP contribution in [-0.4, -0.2) is 38.9 Å². The molecule has 4 nitrogen and oxygen atoms in total. The first kappa shape index (κ1) is 51.1. The second kappa shape index (κ2) is 28.1. The molecule has 0 aliphatic carbocycles. The van der Waals surface area contributed by atoms with Crippen molar-refractivity contribution in [3.05, 3.63) is 84.9 Å². The van der Waals surface area contributed by atoms with Crippen molar-refractivity contribution in [3.63, 3.8) is 0 Å². The van der Waals surface area contributed by atoms with E-state index in [1.54, 1.807) is 0 Å². The number of rotatable bonds is 32. The van der Waals surface area contributed by atoms with E-state index in [-0.39, 0.29) is 0 Å². The molecule has 6 rings (SSSR count). The molecule has 6 aromatic rings. The minimum absolute atomic E-state index is 0.583. The van der Waals surface area contributed by atoms with Crippen molar-refractivity contribution in [2.75, 3.05) is 13.2 Å². The lowest BCUT2D eigenvalue weighted by molar-refractivity contribution is 0.224. The number of aromatic nitrogens is 2. The average molecular weight is 883 g/mol. The monoisotopic (exact) mass is 883 g/mol. The molecule has 0 saturated carbocycles. The molecule has 5 aromatic carbocycles. The summed E-state index contributed by atoms with van der Waals surface area (Å²) in [6, 6.07) is 29.2. The highest BCUT2D eigenvalue weighted by atomic mass is 16.5. The lowest BCUT2D eigenvalue weighted by Gasteiger charge is -2.19. The Hall–Kier alpha value is -4.31. The Bertz CT molecular complexity index is 2160. The number of ether oxygens (including phenoxy) is 2. The van der Waals surface area contributed by atoms with Crippen molar-refractivity contribution >= 4 is 59.2 Å². The zero-order valence-electron chi connectivity index (χ0n) is 41.5. The van der Waals surface area contributed by atoms with E-state index in [9.17, 15) is 0 Å². The van der Waals surface area contributed by atoms with Crippen LogP contribution in [0.15, 0.2) is 84.9 Å². The third-order valence-corrected chi connectivity index (χ3v) is 13.9. The van der Waals surface area contributed by atoms with Gasteiger partial charge in [0.05, 0.1) is 35.6 Å². The van der Waals surface area contributed by atoms with E-state index >= 15 is 0 Å². The summed E-state index contributed by atoms with van der Waals surface area (Å²) in [5.41, 5.74) is 6.61. The van der Waals surface area contributed by atoms with Gasteiger partial charge in [-0.3, -0.25) is 0 Å². The van der Waals surface area contributed by atoms with Crippen LogP contribution in [0.5, 0.6) is 11.5 Å². The third kappa shape index (κ3) is 15.4. The van der Waals surface area contributed by atoms with Crippen molar-refractivity contribution in [1.82, 2.24) is 9.97 Å². The Morgan fingerprint density at radius 1 is 0.379 bits per heavy atom. The Balaban J connectivity index is 1.28. The van der Waals surface area contributed by atoms with Crippen LogP contribution >= 0.6 is 0 Å². The van der Waals surface area contributed by atoms with Crippen LogP contribution in [0.1, 0.15) is 182 Å². The maximum atomic E-state index is 6.58. The normalized spacial score (nSPS) is 12.6. The summed E-state index contributed by atoms with van der Waals surface area (Å²) >= 11 is 0. The first-order chi connectivity index (χ1) is 32.4. The van der Waals surface area contributed by atoms with Crippen LogP contribution in [0.4, 0.5) is 0 Å². The van der Waals surface area contributed by atoms with Crippen molar-refractivity contribution in [2.24, 2.45) is 11.8 Å². The Kier molecular flexibility index (Phi) is 21.8. The molecule has 0 N–H and O–H groups in total. The van der Waals surface area contributed by atoms with Gasteiger partial charge in [-0.25, -0.2) is 9.97 Å². The largest absolute Gasteiger partial charge is 0.493 e. The number of hydrogen-bond donors (Lipinski definition) is 0. The summed E-state index contributed by atoms with van der Waals surface area (Å²) < 4.78 is 13.2. The SMILES string of the molecule is [B]c1ccc2c3ccc([B])cc3c3nc(-c4ccc(OCC(CCCCCC)CCCCCCCC)cc4)c(-c4ccc(OCC(CCCCCC)CCCCCCCC)cc4)nc3c2c1. The standard InChI is InChI=1S/C60H80B2N2O2/c1-5-9-13-17-19-23-27-45(25-21-15-11-7-3)43-65-51-35-29-47(30-36-51)57-58(64-60-56-42-50(62)34-40-54(56)53-39-33-49(61)41-55(53)59(60)63-57)48-31-37-52(38-32-48)66-44-46(26-22-16-12-8-4)28-24-20-18-14-10-6-2/h29-42,45-46H,5-28,43-44H2,1-4H3. The minimum Gasteiger partial charge on any atom is -0.493 e. The van der Waals surface area contributed by atoms with Gasteiger partial charge in [0.15, 0.2) is 0 Å². The molecule has 66 heavy (non-hydrogen) atoms. The second-order valence-corrected chi connectivity index (χ2v) is 19.4. The summed E-state index contributed by atoms with van der Waals surface area (Å²) in [4.78, 5) is 11.1. The number of nitrogens with zero attached hydrogens (tertiary/aromatic N) is 2. The predicted molar refractivity (Wildman–Crippen MR) is 288 cm³/mol. The van der Waals surface area contributed by atoms with E-state index in [2.05, 4.69) is 88.4 Å². The second-order valence-electron chi connectivity index (χ2n) is 19.4. The molecule has 0 aliphatic heterocycles. The molecule has 0 saturated heterocycles. The fraction of sp³-hybridized carbons (Fsp3) is 0.533. The highest BCUT2D eigenvalue weighted by Crippen LogP contribution is 2.38. The van der Waals surface area contributed by atoms with Gasteiger partial charge in [0.1, 0.15) is 27.2 Å². The first-order valence-electron chi connectivity index (χ1n) is 26.6. The molecular formula is C60H80B2N2O2. The zero-order valence-corrected chi connectivity index (χ0v) is 41.5. The lowest BCUT2D eigenvalue weighted by Crippen LogP contribution is -2.12. The van der Waals surface area contributed by atoms with Gasteiger partial charge < -0.3 is 9.47 Å². The molecule has 6 heteroatoms. The van der Waals surface area contributed by atoms with E-state index in [1.807, 2.05) is 24.3 Å². The summed E-state index contributed by atoms with van der Waals surface area (Å²) in [5.74, 6) is 2.97. The fourth-order valence-corrected chi connectivity index (χ4v) is 9.81. The quantitative estimate of drug-likeness (QED) is 0.0241. The molecule has 2 atom stereocenters. The molecule has 0 fully saturated rings. The van der Waals surface area contributed by atoms with E-state index in [4.69, 9.17) is 35.1 Å². The van der Waals surface area contributed by atoms with E-state index in [0.717, 1.165) is 79.8 Å². The molecule has 1 aromatic heterocycles. The molecule has 0 bridgehead atoms. The molecule has 0 spiro atoms. The molecule has 348 valence electrons. The molecule has 4 radical (unpaired) electrons. The van der Waals surface area contributed by atoms with Crippen LogP contribution in [0.25, 0.3) is 55.1 Å². The van der Waals surface area contributed by atoms with Gasteiger partial charge in [-0.15, -0.1) is 0 Å². The Morgan fingerprint density at radius 2 is 0.697 bits per heavy atom. The average Bonchev–Trinajstić information content (AvgIpc) is 3.34. The number of hydrogen-bond acceptors (Lipinski definition) is 4. The van der Waals surface area contributed by atoms with Crippen molar-refractivity contribution in [3.8, 4) is 34.0 Å². The van der Waals surface area contributed by atoms with Gasteiger partial charge in [0.2, 0.25) is 0 Å².